The van der Waals surface area contributed by atoms with E-state index in [1.54, 1.807) is 21.3 Å². The van der Waals surface area contributed by atoms with Crippen LogP contribution in [0.3, 0.4) is 0 Å². The van der Waals surface area contributed by atoms with Gasteiger partial charge in [-0.2, -0.15) is 0 Å². The Labute approximate surface area is 173 Å². The average Bonchev–Trinajstić information content (AvgIpc) is 2.71. The Morgan fingerprint density at radius 3 is 2.11 bits per heavy atom. The standard InChI is InChI=1S/C21H29NO5.ClH/c1-15(17-8-6-5-7-9-17)22-12-18(23)14-27-13-16-10-19(24-2)21(26-4)20(11-16)25-3;/h5-11,15,18,22-23H,12-14H2,1-4H3;1H. The van der Waals surface area contributed by atoms with Gasteiger partial charge < -0.3 is 29.4 Å². The number of hydrogen-bond acceptors (Lipinski definition) is 6. The third kappa shape index (κ3) is 6.87. The maximum absolute atomic E-state index is 10.1. The van der Waals surface area contributed by atoms with E-state index in [0.717, 1.165) is 5.56 Å². The van der Waals surface area contributed by atoms with Crippen molar-refractivity contribution in [2.24, 2.45) is 0 Å². The molecular formula is C21H30ClNO5. The van der Waals surface area contributed by atoms with Gasteiger partial charge in [0, 0.05) is 12.6 Å². The zero-order valence-electron chi connectivity index (χ0n) is 16.8. The number of rotatable bonds is 11. The highest BCUT2D eigenvalue weighted by Crippen LogP contribution is 2.38. The second kappa shape index (κ2) is 12.5. The van der Waals surface area contributed by atoms with E-state index >= 15 is 0 Å². The molecule has 2 unspecified atom stereocenters. The minimum Gasteiger partial charge on any atom is -0.493 e. The van der Waals surface area contributed by atoms with Gasteiger partial charge in [0.25, 0.3) is 0 Å². The molecule has 0 radical (unpaired) electrons. The van der Waals surface area contributed by atoms with Gasteiger partial charge in [-0.15, -0.1) is 12.4 Å². The van der Waals surface area contributed by atoms with Gasteiger partial charge in [0.15, 0.2) is 11.5 Å². The van der Waals surface area contributed by atoms with Gasteiger partial charge in [-0.3, -0.25) is 0 Å². The molecule has 0 bridgehead atoms. The maximum atomic E-state index is 10.1. The lowest BCUT2D eigenvalue weighted by Crippen LogP contribution is -2.32. The Morgan fingerprint density at radius 1 is 0.964 bits per heavy atom. The SMILES string of the molecule is COc1cc(COCC(O)CNC(C)c2ccccc2)cc(OC)c1OC.Cl. The molecule has 0 aromatic heterocycles. The number of aliphatic hydroxyl groups is 1. The Hall–Kier alpha value is -1.99. The van der Waals surface area contributed by atoms with Crippen molar-refractivity contribution < 1.29 is 24.1 Å². The van der Waals surface area contributed by atoms with Crippen molar-refractivity contribution in [2.75, 3.05) is 34.5 Å². The quantitative estimate of drug-likeness (QED) is 0.591. The van der Waals surface area contributed by atoms with Gasteiger partial charge in [0.05, 0.1) is 40.6 Å². The summed E-state index contributed by atoms with van der Waals surface area (Å²) in [5, 5.41) is 13.5. The summed E-state index contributed by atoms with van der Waals surface area (Å²) in [6, 6.07) is 14.0. The van der Waals surface area contributed by atoms with Crippen LogP contribution in [0.15, 0.2) is 42.5 Å². The van der Waals surface area contributed by atoms with Crippen LogP contribution in [0.25, 0.3) is 0 Å². The summed E-state index contributed by atoms with van der Waals surface area (Å²) >= 11 is 0. The van der Waals surface area contributed by atoms with E-state index in [2.05, 4.69) is 24.4 Å². The van der Waals surface area contributed by atoms with E-state index in [1.807, 2.05) is 30.3 Å². The van der Waals surface area contributed by atoms with Crippen molar-refractivity contribution in [1.82, 2.24) is 5.32 Å². The number of methoxy groups -OCH3 is 3. The summed E-state index contributed by atoms with van der Waals surface area (Å²) in [6.45, 7) is 3.08. The molecule has 2 aromatic carbocycles. The van der Waals surface area contributed by atoms with Crippen LogP contribution < -0.4 is 19.5 Å². The highest BCUT2D eigenvalue weighted by molar-refractivity contribution is 5.85. The summed E-state index contributed by atoms with van der Waals surface area (Å²) < 4.78 is 21.6. The van der Waals surface area contributed by atoms with Gasteiger partial charge >= 0.3 is 0 Å². The predicted molar refractivity (Wildman–Crippen MR) is 112 cm³/mol. The highest BCUT2D eigenvalue weighted by atomic mass is 35.5. The molecule has 156 valence electrons. The first kappa shape index (κ1) is 24.0. The topological polar surface area (TPSA) is 69.2 Å². The molecular weight excluding hydrogens is 382 g/mol. The van der Waals surface area contributed by atoms with Crippen LogP contribution in [0.4, 0.5) is 0 Å². The Kier molecular flexibility index (Phi) is 10.7. The predicted octanol–water partition coefficient (Wildman–Crippen LogP) is 3.36. The number of hydrogen-bond donors (Lipinski definition) is 2. The van der Waals surface area contributed by atoms with Crippen molar-refractivity contribution in [3.63, 3.8) is 0 Å². The van der Waals surface area contributed by atoms with Gasteiger partial charge in [-0.1, -0.05) is 30.3 Å². The lowest BCUT2D eigenvalue weighted by atomic mass is 10.1. The molecule has 0 aliphatic carbocycles. The molecule has 7 heteroatoms. The number of benzene rings is 2. The zero-order valence-corrected chi connectivity index (χ0v) is 17.6. The molecule has 0 aliphatic rings. The van der Waals surface area contributed by atoms with Crippen LogP contribution in [-0.2, 0) is 11.3 Å². The monoisotopic (exact) mass is 411 g/mol. The second-order valence-corrected chi connectivity index (χ2v) is 6.24. The van der Waals surface area contributed by atoms with E-state index in [0.29, 0.717) is 30.4 Å². The largest absolute Gasteiger partial charge is 0.493 e. The van der Waals surface area contributed by atoms with Gasteiger partial charge in [0.2, 0.25) is 5.75 Å². The van der Waals surface area contributed by atoms with Crippen LogP contribution >= 0.6 is 12.4 Å². The molecule has 0 amide bonds. The third-order valence-electron chi connectivity index (χ3n) is 4.26. The van der Waals surface area contributed by atoms with Gasteiger partial charge in [-0.25, -0.2) is 0 Å². The molecule has 6 nitrogen and oxygen atoms in total. The lowest BCUT2D eigenvalue weighted by molar-refractivity contribution is 0.0277. The van der Waals surface area contributed by atoms with Crippen LogP contribution in [0.5, 0.6) is 17.2 Å². The van der Waals surface area contributed by atoms with Crippen molar-refractivity contribution in [2.45, 2.75) is 25.7 Å². The van der Waals surface area contributed by atoms with Crippen molar-refractivity contribution >= 4 is 12.4 Å². The van der Waals surface area contributed by atoms with E-state index in [-0.39, 0.29) is 25.1 Å². The molecule has 0 aliphatic heterocycles. The smallest absolute Gasteiger partial charge is 0.203 e. The van der Waals surface area contributed by atoms with Crippen LogP contribution in [-0.4, -0.2) is 45.7 Å². The summed E-state index contributed by atoms with van der Waals surface area (Å²) in [6.07, 6.45) is -0.599. The van der Waals surface area contributed by atoms with E-state index in [4.69, 9.17) is 18.9 Å². The summed E-state index contributed by atoms with van der Waals surface area (Å²) in [5.74, 6) is 1.70. The molecule has 28 heavy (non-hydrogen) atoms. The molecule has 2 N–H and O–H groups in total. The number of nitrogens with one attached hydrogen (secondary N) is 1. The summed E-state index contributed by atoms with van der Waals surface area (Å²) in [7, 11) is 4.72. The first-order valence-corrected chi connectivity index (χ1v) is 8.92. The van der Waals surface area contributed by atoms with E-state index in [9.17, 15) is 5.11 Å². The van der Waals surface area contributed by atoms with E-state index < -0.39 is 6.10 Å². The fraction of sp³-hybridized carbons (Fsp3) is 0.429. The molecule has 2 rings (SSSR count). The first-order valence-electron chi connectivity index (χ1n) is 8.92. The maximum Gasteiger partial charge on any atom is 0.203 e. The molecule has 0 spiro atoms. The molecule has 0 fully saturated rings. The van der Waals surface area contributed by atoms with Crippen LogP contribution in [0, 0.1) is 0 Å². The number of halogens is 1. The Balaban J connectivity index is 0.00000392. The number of aliphatic hydroxyl groups excluding tert-OH is 1. The Bertz CT molecular complexity index is 673. The van der Waals surface area contributed by atoms with Crippen LogP contribution in [0.2, 0.25) is 0 Å². The fourth-order valence-corrected chi connectivity index (χ4v) is 2.76. The summed E-state index contributed by atoms with van der Waals surface area (Å²) in [4.78, 5) is 0. The minimum atomic E-state index is -0.599. The minimum absolute atomic E-state index is 0. The third-order valence-corrected chi connectivity index (χ3v) is 4.26. The number of ether oxygens (including phenoxy) is 4. The van der Waals surface area contributed by atoms with Gasteiger partial charge in [0.1, 0.15) is 0 Å². The van der Waals surface area contributed by atoms with Crippen molar-refractivity contribution in [3.05, 3.63) is 53.6 Å². The van der Waals surface area contributed by atoms with E-state index in [1.165, 1.54) is 5.56 Å². The fourth-order valence-electron chi connectivity index (χ4n) is 2.76. The van der Waals surface area contributed by atoms with Crippen molar-refractivity contribution in [1.29, 1.82) is 0 Å². The molecule has 2 atom stereocenters. The van der Waals surface area contributed by atoms with Crippen LogP contribution in [0.1, 0.15) is 24.1 Å². The normalized spacial score (nSPS) is 12.6. The second-order valence-electron chi connectivity index (χ2n) is 6.24. The molecule has 0 heterocycles. The van der Waals surface area contributed by atoms with Crippen molar-refractivity contribution in [3.8, 4) is 17.2 Å². The molecule has 2 aromatic rings. The van der Waals surface area contributed by atoms with Gasteiger partial charge in [-0.05, 0) is 30.2 Å². The molecule has 0 saturated carbocycles. The average molecular weight is 412 g/mol. The Morgan fingerprint density at radius 2 is 1.57 bits per heavy atom. The zero-order chi connectivity index (χ0) is 19.6. The summed E-state index contributed by atoms with van der Waals surface area (Å²) in [5.41, 5.74) is 2.06. The molecule has 0 saturated heterocycles. The highest BCUT2D eigenvalue weighted by Gasteiger charge is 2.14. The lowest BCUT2D eigenvalue weighted by Gasteiger charge is -2.18. The first-order chi connectivity index (χ1) is 13.1.